The number of unbranched alkanes of at least 4 members (excludes halogenated alkanes) is 29. The van der Waals surface area contributed by atoms with Crippen molar-refractivity contribution in [1.82, 2.24) is 0 Å². The van der Waals surface area contributed by atoms with Crippen LogP contribution < -0.4 is 5.73 Å². The molecule has 0 aliphatic rings. The summed E-state index contributed by atoms with van der Waals surface area (Å²) in [6, 6.07) is 0. The van der Waals surface area contributed by atoms with Gasteiger partial charge in [-0.05, 0) is 109 Å². The Bertz CT molecular complexity index is 1860. The summed E-state index contributed by atoms with van der Waals surface area (Å²) >= 11 is 0. The summed E-state index contributed by atoms with van der Waals surface area (Å²) in [5.74, 6) is -0.825. The quantitative estimate of drug-likeness (QED) is 0.0264. The highest BCUT2D eigenvalue weighted by molar-refractivity contribution is 7.47. The number of allylic oxidation sites excluding steroid dienone is 22. The van der Waals surface area contributed by atoms with Crippen LogP contribution in [0.2, 0.25) is 0 Å². The average molecular weight is 1200 g/mol. The van der Waals surface area contributed by atoms with Crippen LogP contribution in [0.1, 0.15) is 296 Å². The maximum absolute atomic E-state index is 12.8. The van der Waals surface area contributed by atoms with Crippen LogP contribution >= 0.6 is 7.82 Å². The van der Waals surface area contributed by atoms with E-state index in [0.29, 0.717) is 6.42 Å². The highest BCUT2D eigenvalue weighted by atomic mass is 31.2. The molecule has 0 fully saturated rings. The smallest absolute Gasteiger partial charge is 0.462 e. The van der Waals surface area contributed by atoms with E-state index in [1.807, 2.05) is 0 Å². The third-order valence-electron chi connectivity index (χ3n) is 14.5. The molecule has 85 heavy (non-hydrogen) atoms. The largest absolute Gasteiger partial charge is 0.472 e. The fourth-order valence-corrected chi connectivity index (χ4v) is 10.3. The Labute approximate surface area is 523 Å². The third-order valence-corrected chi connectivity index (χ3v) is 15.5. The minimum Gasteiger partial charge on any atom is -0.462 e. The van der Waals surface area contributed by atoms with E-state index in [0.717, 1.165) is 109 Å². The number of carbonyl (C=O) groups excluding carboxylic acids is 2. The standard InChI is InChI=1S/C75H128NO8P/c1-3-5-7-9-11-13-15-17-19-21-23-25-27-29-31-32-33-34-35-36-37-38-39-40-42-44-46-48-50-52-54-56-58-60-62-64-66-68-75(78)84-73(72-83-85(79,80)82-70-69-76)71-81-74(77)67-65-63-61-59-57-55-53-51-49-47-45-43-41-30-28-26-24-22-20-18-16-14-12-10-8-6-4-2/h5-8,11-14,17-20,23-26,29,31,33-34,36-37,73H,3-4,9-10,15-16,21-22,27-28,30,32,35,38-72,76H2,1-2H3,(H,79,80)/b7-5-,8-6-,13-11-,14-12-,19-17-,20-18-,25-23-,26-24-,31-29-,34-33-,37-36-. The molecule has 0 spiro atoms. The van der Waals surface area contributed by atoms with Crippen LogP contribution in [0.3, 0.4) is 0 Å². The van der Waals surface area contributed by atoms with Crippen LogP contribution in [-0.2, 0) is 32.7 Å². The second-order valence-corrected chi connectivity index (χ2v) is 24.1. The van der Waals surface area contributed by atoms with Gasteiger partial charge in [0, 0.05) is 19.4 Å². The van der Waals surface area contributed by atoms with Crippen LogP contribution in [0.4, 0.5) is 0 Å². The first-order valence-corrected chi connectivity index (χ1v) is 36.2. The summed E-state index contributed by atoms with van der Waals surface area (Å²) in [6.07, 6.45) is 98.2. The van der Waals surface area contributed by atoms with E-state index in [4.69, 9.17) is 24.3 Å². The zero-order valence-corrected chi connectivity index (χ0v) is 55.4. The van der Waals surface area contributed by atoms with Gasteiger partial charge in [-0.25, -0.2) is 4.57 Å². The van der Waals surface area contributed by atoms with Gasteiger partial charge < -0.3 is 20.1 Å². The third kappa shape index (κ3) is 69.1. The van der Waals surface area contributed by atoms with E-state index in [-0.39, 0.29) is 38.6 Å². The molecule has 0 aliphatic carbocycles. The molecule has 0 aromatic heterocycles. The number of ether oxygens (including phenoxy) is 2. The van der Waals surface area contributed by atoms with Gasteiger partial charge in [-0.15, -0.1) is 0 Å². The lowest BCUT2D eigenvalue weighted by molar-refractivity contribution is -0.161. The highest BCUT2D eigenvalue weighted by Crippen LogP contribution is 2.43. The fraction of sp³-hybridized carbons (Fsp3) is 0.680. The number of hydrogen-bond acceptors (Lipinski definition) is 8. The SMILES string of the molecule is CC/C=C\C/C=C\C/C=C\C/C=C\C/C=C\C/C=C\C/C=C\CCCCCCCCCCCCCCCCCC(=O)OC(COC(=O)CCCCCCCCCCCCCCCC/C=C\C/C=C\C/C=C\C/C=C\CC)COP(=O)(O)OCCN. The Balaban J connectivity index is 3.89. The fourth-order valence-electron chi connectivity index (χ4n) is 9.49. The first kappa shape index (κ1) is 81.2. The average Bonchev–Trinajstić information content (AvgIpc) is 3.52. The summed E-state index contributed by atoms with van der Waals surface area (Å²) in [7, 11) is -4.40. The minimum absolute atomic E-state index is 0.0492. The lowest BCUT2D eigenvalue weighted by atomic mass is 10.0. The molecule has 0 aromatic carbocycles. The van der Waals surface area contributed by atoms with E-state index in [9.17, 15) is 19.0 Å². The van der Waals surface area contributed by atoms with E-state index < -0.39 is 26.5 Å². The van der Waals surface area contributed by atoms with Gasteiger partial charge in [-0.2, -0.15) is 0 Å². The molecule has 2 atom stereocenters. The molecular formula is C75H128NO8P. The summed E-state index contributed by atoms with van der Waals surface area (Å²) in [5, 5.41) is 0. The topological polar surface area (TPSA) is 134 Å². The van der Waals surface area contributed by atoms with Crippen molar-refractivity contribution in [2.24, 2.45) is 5.73 Å². The van der Waals surface area contributed by atoms with Gasteiger partial charge in [0.25, 0.3) is 0 Å². The van der Waals surface area contributed by atoms with Crippen molar-refractivity contribution in [2.75, 3.05) is 26.4 Å². The maximum Gasteiger partial charge on any atom is 0.472 e. The molecule has 0 bridgehead atoms. The van der Waals surface area contributed by atoms with Crippen molar-refractivity contribution >= 4 is 19.8 Å². The molecule has 3 N–H and O–H groups in total. The van der Waals surface area contributed by atoms with Gasteiger partial charge in [-0.3, -0.25) is 18.6 Å². The Morgan fingerprint density at radius 3 is 0.906 bits per heavy atom. The number of esters is 2. The number of nitrogens with two attached hydrogens (primary N) is 1. The zero-order valence-electron chi connectivity index (χ0n) is 54.5. The van der Waals surface area contributed by atoms with Gasteiger partial charge >= 0.3 is 19.8 Å². The Morgan fingerprint density at radius 2 is 0.612 bits per heavy atom. The van der Waals surface area contributed by atoms with Gasteiger partial charge in [0.1, 0.15) is 6.61 Å². The van der Waals surface area contributed by atoms with Crippen molar-refractivity contribution in [3.63, 3.8) is 0 Å². The lowest BCUT2D eigenvalue weighted by Gasteiger charge is -2.19. The number of phosphoric acid groups is 1. The molecule has 0 aromatic rings. The molecule has 0 heterocycles. The van der Waals surface area contributed by atoms with Crippen molar-refractivity contribution in [1.29, 1.82) is 0 Å². The molecule has 0 amide bonds. The summed E-state index contributed by atoms with van der Waals surface area (Å²) in [5.41, 5.74) is 5.40. The van der Waals surface area contributed by atoms with E-state index in [1.54, 1.807) is 0 Å². The molecular weight excluding hydrogens is 1070 g/mol. The molecule has 10 heteroatoms. The monoisotopic (exact) mass is 1200 g/mol. The highest BCUT2D eigenvalue weighted by Gasteiger charge is 2.26. The van der Waals surface area contributed by atoms with Crippen LogP contribution in [0, 0.1) is 0 Å². The first-order chi connectivity index (χ1) is 41.8. The van der Waals surface area contributed by atoms with Gasteiger partial charge in [0.15, 0.2) is 6.10 Å². The Morgan fingerprint density at radius 1 is 0.353 bits per heavy atom. The molecule has 0 rings (SSSR count). The first-order valence-electron chi connectivity index (χ1n) is 34.7. The number of carbonyl (C=O) groups is 2. The summed E-state index contributed by atoms with van der Waals surface area (Å²) in [6.45, 7) is 3.54. The lowest BCUT2D eigenvalue weighted by Crippen LogP contribution is -2.29. The molecule has 0 radical (unpaired) electrons. The van der Waals surface area contributed by atoms with E-state index in [1.165, 1.54) is 154 Å². The number of rotatable bonds is 64. The van der Waals surface area contributed by atoms with Gasteiger partial charge in [0.05, 0.1) is 13.2 Å². The second kappa shape index (κ2) is 69.3. The normalized spacial score (nSPS) is 13.8. The van der Waals surface area contributed by atoms with Crippen LogP contribution in [0.5, 0.6) is 0 Å². The van der Waals surface area contributed by atoms with Crippen molar-refractivity contribution < 1.29 is 37.6 Å². The molecule has 0 aliphatic heterocycles. The van der Waals surface area contributed by atoms with E-state index in [2.05, 4.69) is 148 Å². The molecule has 486 valence electrons. The number of phosphoric ester groups is 1. The van der Waals surface area contributed by atoms with Crippen LogP contribution in [-0.4, -0.2) is 49.3 Å². The maximum atomic E-state index is 12.8. The predicted molar refractivity (Wildman–Crippen MR) is 367 cm³/mol. The van der Waals surface area contributed by atoms with Gasteiger partial charge in [0.2, 0.25) is 0 Å². The Kier molecular flexibility index (Phi) is 66.1. The number of hydrogen-bond donors (Lipinski definition) is 2. The minimum atomic E-state index is -4.40. The second-order valence-electron chi connectivity index (χ2n) is 22.6. The van der Waals surface area contributed by atoms with Gasteiger partial charge in [-0.1, -0.05) is 308 Å². The van der Waals surface area contributed by atoms with Crippen molar-refractivity contribution in [3.8, 4) is 0 Å². The molecule has 0 saturated carbocycles. The van der Waals surface area contributed by atoms with Crippen molar-refractivity contribution in [2.45, 2.75) is 302 Å². The Hall–Kier alpha value is -3.85. The molecule has 2 unspecified atom stereocenters. The van der Waals surface area contributed by atoms with Crippen LogP contribution in [0.15, 0.2) is 134 Å². The van der Waals surface area contributed by atoms with Crippen LogP contribution in [0.25, 0.3) is 0 Å². The molecule has 0 saturated heterocycles. The summed E-state index contributed by atoms with van der Waals surface area (Å²) in [4.78, 5) is 35.4. The van der Waals surface area contributed by atoms with E-state index >= 15 is 0 Å². The predicted octanol–water partition coefficient (Wildman–Crippen LogP) is 22.9. The zero-order chi connectivity index (χ0) is 61.6. The summed E-state index contributed by atoms with van der Waals surface area (Å²) < 4.78 is 33.2. The van der Waals surface area contributed by atoms with Crippen molar-refractivity contribution in [3.05, 3.63) is 134 Å². The molecule has 9 nitrogen and oxygen atoms in total.